The first kappa shape index (κ1) is 60.2. The predicted octanol–water partition coefficient (Wildman–Crippen LogP) is 15.0. The number of carbonyl (C=O) groups is 1. The van der Waals surface area contributed by atoms with Gasteiger partial charge in [0.25, 0.3) is 7.82 Å². The Morgan fingerprint density at radius 2 is 0.935 bits per heavy atom. The highest BCUT2D eigenvalue weighted by Gasteiger charge is 2.20. The summed E-state index contributed by atoms with van der Waals surface area (Å²) in [6.07, 6.45) is 58.3. The molecule has 62 heavy (non-hydrogen) atoms. The molecule has 0 spiro atoms. The molecule has 9 heteroatoms. The number of quaternary nitrogens is 1. The molecule has 0 aliphatic heterocycles. The van der Waals surface area contributed by atoms with Gasteiger partial charge in [-0.3, -0.25) is 9.36 Å². The zero-order chi connectivity index (χ0) is 45.5. The number of nitrogens with zero attached hydrogens (tertiary/aromatic N) is 1. The van der Waals surface area contributed by atoms with Crippen molar-refractivity contribution in [2.24, 2.45) is 0 Å². The fourth-order valence-electron chi connectivity index (χ4n) is 6.93. The fraction of sp³-hybridized carbons (Fsp3) is 0.792. The number of likely N-dealkylation sites (N-methyl/N-ethyl adjacent to an activating group) is 1. The Morgan fingerprint density at radius 1 is 0.516 bits per heavy atom. The van der Waals surface area contributed by atoms with Gasteiger partial charge in [0.15, 0.2) is 0 Å². The molecular formula is C53H98NO7P. The van der Waals surface area contributed by atoms with E-state index in [0.29, 0.717) is 24.1 Å². The summed E-state index contributed by atoms with van der Waals surface area (Å²) in [5.74, 6) is -0.347. The van der Waals surface area contributed by atoms with E-state index in [1.54, 1.807) is 0 Å². The van der Waals surface area contributed by atoms with Crippen molar-refractivity contribution >= 4 is 13.8 Å². The van der Waals surface area contributed by atoms with E-state index < -0.39 is 13.9 Å². The normalized spacial score (nSPS) is 14.1. The van der Waals surface area contributed by atoms with Gasteiger partial charge in [-0.15, -0.1) is 0 Å². The van der Waals surface area contributed by atoms with Crippen LogP contribution in [0.4, 0.5) is 0 Å². The number of esters is 1. The molecule has 2 unspecified atom stereocenters. The Morgan fingerprint density at radius 3 is 1.37 bits per heavy atom. The van der Waals surface area contributed by atoms with Crippen LogP contribution < -0.4 is 4.89 Å². The molecule has 0 rings (SSSR count). The predicted molar refractivity (Wildman–Crippen MR) is 263 cm³/mol. The van der Waals surface area contributed by atoms with Crippen LogP contribution in [-0.4, -0.2) is 70.7 Å². The molecule has 0 aliphatic rings. The summed E-state index contributed by atoms with van der Waals surface area (Å²) in [6.45, 7) is 5.21. The maximum absolute atomic E-state index is 12.7. The minimum atomic E-state index is -4.54. The smallest absolute Gasteiger partial charge is 0.306 e. The van der Waals surface area contributed by atoms with Crippen LogP contribution in [-0.2, 0) is 27.9 Å². The average molecular weight is 892 g/mol. The maximum Gasteiger partial charge on any atom is 0.306 e. The van der Waals surface area contributed by atoms with Crippen LogP contribution in [0.2, 0.25) is 0 Å². The number of carbonyl (C=O) groups excluding carboxylic acids is 1. The molecule has 0 fully saturated rings. The van der Waals surface area contributed by atoms with Gasteiger partial charge in [0.2, 0.25) is 0 Å². The number of unbranched alkanes of at least 4 members (excludes halogenated alkanes) is 23. The van der Waals surface area contributed by atoms with Gasteiger partial charge in [-0.2, -0.15) is 0 Å². The van der Waals surface area contributed by atoms with Gasteiger partial charge in [-0.25, -0.2) is 0 Å². The van der Waals surface area contributed by atoms with E-state index in [9.17, 15) is 14.3 Å². The van der Waals surface area contributed by atoms with Crippen molar-refractivity contribution in [2.45, 2.75) is 219 Å². The van der Waals surface area contributed by atoms with E-state index in [0.717, 1.165) is 70.6 Å². The van der Waals surface area contributed by atoms with E-state index in [4.69, 9.17) is 18.5 Å². The quantitative estimate of drug-likeness (QED) is 0.0197. The number of ether oxygens (including phenoxy) is 2. The summed E-state index contributed by atoms with van der Waals surface area (Å²) in [7, 11) is 1.33. The maximum atomic E-state index is 12.7. The van der Waals surface area contributed by atoms with Gasteiger partial charge in [0.1, 0.15) is 19.3 Å². The zero-order valence-electron chi connectivity index (χ0n) is 41.1. The lowest BCUT2D eigenvalue weighted by molar-refractivity contribution is -0.870. The highest BCUT2D eigenvalue weighted by molar-refractivity contribution is 7.45. The van der Waals surface area contributed by atoms with Crippen molar-refractivity contribution in [3.05, 3.63) is 60.8 Å². The van der Waals surface area contributed by atoms with Gasteiger partial charge >= 0.3 is 5.97 Å². The molecule has 0 saturated heterocycles. The first-order valence-corrected chi connectivity index (χ1v) is 27.0. The van der Waals surface area contributed by atoms with Crippen LogP contribution in [0.3, 0.4) is 0 Å². The fourth-order valence-corrected chi connectivity index (χ4v) is 7.66. The van der Waals surface area contributed by atoms with E-state index in [-0.39, 0.29) is 25.8 Å². The van der Waals surface area contributed by atoms with E-state index in [1.807, 2.05) is 21.1 Å². The molecule has 0 radical (unpaired) electrons. The van der Waals surface area contributed by atoms with Crippen molar-refractivity contribution in [3.8, 4) is 0 Å². The second kappa shape index (κ2) is 45.8. The van der Waals surface area contributed by atoms with Crippen LogP contribution in [0.5, 0.6) is 0 Å². The molecular weight excluding hydrogens is 794 g/mol. The summed E-state index contributed by atoms with van der Waals surface area (Å²) in [5, 5.41) is 0. The third kappa shape index (κ3) is 49.2. The van der Waals surface area contributed by atoms with Crippen molar-refractivity contribution in [3.63, 3.8) is 0 Å². The number of phosphoric ester groups is 1. The Hall–Kier alpha value is -1.80. The van der Waals surface area contributed by atoms with Gasteiger partial charge in [0.05, 0.1) is 34.4 Å². The molecule has 0 aromatic carbocycles. The Bertz CT molecular complexity index is 1170. The largest absolute Gasteiger partial charge is 0.756 e. The summed E-state index contributed by atoms with van der Waals surface area (Å²) in [4.78, 5) is 25.2. The van der Waals surface area contributed by atoms with Crippen LogP contribution in [0.15, 0.2) is 60.8 Å². The molecule has 2 atom stereocenters. The summed E-state index contributed by atoms with van der Waals surface area (Å²) >= 11 is 0. The van der Waals surface area contributed by atoms with Crippen LogP contribution >= 0.6 is 7.82 Å². The molecule has 0 aromatic rings. The van der Waals surface area contributed by atoms with Crippen molar-refractivity contribution < 1.29 is 37.3 Å². The molecule has 0 N–H and O–H groups in total. The molecule has 0 aliphatic carbocycles. The minimum absolute atomic E-state index is 0.0165. The van der Waals surface area contributed by atoms with Crippen LogP contribution in [0.25, 0.3) is 0 Å². The summed E-state index contributed by atoms with van der Waals surface area (Å²) in [5.41, 5.74) is 0. The van der Waals surface area contributed by atoms with E-state index >= 15 is 0 Å². The first-order chi connectivity index (χ1) is 30.1. The lowest BCUT2D eigenvalue weighted by atomic mass is 10.0. The third-order valence-corrected chi connectivity index (χ3v) is 11.8. The van der Waals surface area contributed by atoms with Gasteiger partial charge < -0.3 is 27.9 Å². The highest BCUT2D eigenvalue weighted by atomic mass is 31.2. The molecule has 362 valence electrons. The number of rotatable bonds is 47. The van der Waals surface area contributed by atoms with E-state index in [1.165, 1.54) is 122 Å². The Balaban J connectivity index is 4.19. The van der Waals surface area contributed by atoms with Crippen molar-refractivity contribution in [2.75, 3.05) is 54.1 Å². The van der Waals surface area contributed by atoms with Gasteiger partial charge in [-0.05, 0) is 57.8 Å². The third-order valence-electron chi connectivity index (χ3n) is 10.8. The Labute approximate surface area is 383 Å². The zero-order valence-corrected chi connectivity index (χ0v) is 42.0. The number of allylic oxidation sites excluding steroid dienone is 10. The minimum Gasteiger partial charge on any atom is -0.756 e. The second-order valence-electron chi connectivity index (χ2n) is 18.2. The monoisotopic (exact) mass is 892 g/mol. The topological polar surface area (TPSA) is 94.1 Å². The van der Waals surface area contributed by atoms with Gasteiger partial charge in [-0.1, -0.05) is 209 Å². The van der Waals surface area contributed by atoms with Crippen molar-refractivity contribution in [1.29, 1.82) is 0 Å². The Kier molecular flexibility index (Phi) is 44.4. The lowest BCUT2D eigenvalue weighted by Crippen LogP contribution is -2.37. The molecule has 0 saturated carbocycles. The SMILES string of the molecule is CC/C=C\C/C=C\C/C=C\C/C=C\C/C=C\CCCCOCC(COP(=O)([O-])OCC[N+](C)(C)C)OC(=O)CCCCCCCCCCCCCCCCCCCCCCCC. The number of hydrogen-bond acceptors (Lipinski definition) is 7. The lowest BCUT2D eigenvalue weighted by Gasteiger charge is -2.28. The average Bonchev–Trinajstić information content (AvgIpc) is 3.23. The molecule has 0 bridgehead atoms. The number of phosphoric acid groups is 1. The van der Waals surface area contributed by atoms with Crippen LogP contribution in [0, 0.1) is 0 Å². The summed E-state index contributed by atoms with van der Waals surface area (Å²) < 4.78 is 34.7. The molecule has 0 aromatic heterocycles. The van der Waals surface area contributed by atoms with E-state index in [2.05, 4.69) is 74.6 Å². The van der Waals surface area contributed by atoms with Crippen LogP contribution in [0.1, 0.15) is 213 Å². The first-order valence-electron chi connectivity index (χ1n) is 25.5. The molecule has 0 amide bonds. The molecule has 0 heterocycles. The molecule has 8 nitrogen and oxygen atoms in total. The standard InChI is InChI=1S/C53H98NO7P/c1-6-8-10-12-14-16-18-20-22-24-26-27-28-29-30-32-34-36-38-40-42-44-46-53(55)61-52(51-60-62(56,57)59-49-47-54(3,4)5)50-58-48-45-43-41-39-37-35-33-31-25-23-21-19-17-15-13-11-9-7-2/h9,11,15,17,21,23,31,33,37,39,52H,6-8,10,12-14,16,18-20,22,24-30,32,34-36,38,40-51H2,1-5H3/b11-9-,17-15-,23-21-,33-31-,39-37-. The second-order valence-corrected chi connectivity index (χ2v) is 19.6. The number of hydrogen-bond donors (Lipinski definition) is 0. The van der Waals surface area contributed by atoms with Crippen molar-refractivity contribution in [1.82, 2.24) is 0 Å². The van der Waals surface area contributed by atoms with Gasteiger partial charge in [0, 0.05) is 13.0 Å². The highest BCUT2D eigenvalue weighted by Crippen LogP contribution is 2.38. The summed E-state index contributed by atoms with van der Waals surface area (Å²) in [6, 6.07) is 0.